The molecule has 1 N–H and O–H groups in total. The summed E-state index contributed by atoms with van der Waals surface area (Å²) >= 11 is 9.31. The van der Waals surface area contributed by atoms with Crippen molar-refractivity contribution in [1.82, 2.24) is 15.5 Å². The van der Waals surface area contributed by atoms with E-state index >= 15 is 0 Å². The van der Waals surface area contributed by atoms with Crippen LogP contribution in [0.5, 0.6) is 0 Å². The van der Waals surface area contributed by atoms with Crippen molar-refractivity contribution in [3.63, 3.8) is 0 Å². The van der Waals surface area contributed by atoms with Crippen LogP contribution in [0.25, 0.3) is 0 Å². The Kier molecular flexibility index (Phi) is 6.06. The maximum absolute atomic E-state index is 6.27. The zero-order valence-corrected chi connectivity index (χ0v) is 12.8. The Hall–Kier alpha value is -0.660. The molecule has 2 aromatic rings. The lowest BCUT2D eigenvalue weighted by Crippen LogP contribution is -2.18. The molecule has 4 nitrogen and oxygen atoms in total. The van der Waals surface area contributed by atoms with Gasteiger partial charge in [0.2, 0.25) is 0 Å². The first-order valence-corrected chi connectivity index (χ1v) is 7.79. The molecular weight excluding hydrogens is 302 g/mol. The number of ether oxygens (including phenoxy) is 1. The fourth-order valence-corrected chi connectivity index (χ4v) is 3.20. The SMILES string of the molecule is COCCNCc1ccc(Sc2nncs2)c(Cl)c1. The second kappa shape index (κ2) is 7.81. The molecule has 1 aromatic heterocycles. The van der Waals surface area contributed by atoms with Gasteiger partial charge in [-0.2, -0.15) is 0 Å². The van der Waals surface area contributed by atoms with Crippen LogP contribution in [0.2, 0.25) is 5.02 Å². The van der Waals surface area contributed by atoms with Gasteiger partial charge in [-0.3, -0.25) is 0 Å². The van der Waals surface area contributed by atoms with E-state index in [2.05, 4.69) is 21.6 Å². The highest BCUT2D eigenvalue weighted by molar-refractivity contribution is 8.01. The van der Waals surface area contributed by atoms with Gasteiger partial charge in [-0.05, 0) is 17.7 Å². The second-order valence-electron chi connectivity index (χ2n) is 3.74. The van der Waals surface area contributed by atoms with Crippen LogP contribution >= 0.6 is 34.7 Å². The Morgan fingerprint density at radius 1 is 1.47 bits per heavy atom. The standard InChI is InChI=1S/C12H14ClN3OS2/c1-17-5-4-14-7-9-2-3-11(10(13)6-9)19-12-16-15-8-18-12/h2-3,6,8,14H,4-5,7H2,1H3. The molecule has 102 valence electrons. The predicted molar refractivity (Wildman–Crippen MR) is 79.1 cm³/mol. The fourth-order valence-electron chi connectivity index (χ4n) is 1.45. The van der Waals surface area contributed by atoms with E-state index in [0.29, 0.717) is 6.61 Å². The van der Waals surface area contributed by atoms with Gasteiger partial charge in [-0.1, -0.05) is 40.8 Å². The molecule has 0 aliphatic carbocycles. The summed E-state index contributed by atoms with van der Waals surface area (Å²) in [5.74, 6) is 0. The highest BCUT2D eigenvalue weighted by atomic mass is 35.5. The topological polar surface area (TPSA) is 47.0 Å². The monoisotopic (exact) mass is 315 g/mol. The molecule has 19 heavy (non-hydrogen) atoms. The van der Waals surface area contributed by atoms with Gasteiger partial charge in [-0.25, -0.2) is 0 Å². The van der Waals surface area contributed by atoms with Crippen LogP contribution in [0, 0.1) is 0 Å². The molecule has 0 saturated carbocycles. The van der Waals surface area contributed by atoms with Crippen molar-refractivity contribution >= 4 is 34.7 Å². The molecule has 0 radical (unpaired) electrons. The molecule has 0 unspecified atom stereocenters. The molecule has 0 bridgehead atoms. The fraction of sp³-hybridized carbons (Fsp3) is 0.333. The van der Waals surface area contributed by atoms with Crippen LogP contribution in [0.15, 0.2) is 32.9 Å². The molecule has 2 rings (SSSR count). The van der Waals surface area contributed by atoms with Crippen molar-refractivity contribution in [2.75, 3.05) is 20.3 Å². The Labute approximate surface area is 125 Å². The zero-order chi connectivity index (χ0) is 13.5. The molecule has 0 saturated heterocycles. The Bertz CT molecular complexity index is 508. The van der Waals surface area contributed by atoms with Crippen molar-refractivity contribution in [1.29, 1.82) is 0 Å². The quantitative estimate of drug-likeness (QED) is 0.796. The van der Waals surface area contributed by atoms with Gasteiger partial charge < -0.3 is 10.1 Å². The van der Waals surface area contributed by atoms with E-state index in [1.165, 1.54) is 23.1 Å². The van der Waals surface area contributed by atoms with E-state index in [9.17, 15) is 0 Å². The zero-order valence-electron chi connectivity index (χ0n) is 10.4. The molecule has 0 atom stereocenters. The minimum Gasteiger partial charge on any atom is -0.383 e. The third-order valence-electron chi connectivity index (χ3n) is 2.35. The Balaban J connectivity index is 1.93. The number of halogens is 1. The molecular formula is C12H14ClN3OS2. The number of aromatic nitrogens is 2. The Morgan fingerprint density at radius 2 is 2.37 bits per heavy atom. The van der Waals surface area contributed by atoms with Gasteiger partial charge in [-0.15, -0.1) is 10.2 Å². The molecule has 0 aliphatic rings. The molecule has 0 aliphatic heterocycles. The first kappa shape index (κ1) is 14.7. The van der Waals surface area contributed by atoms with Crippen LogP contribution < -0.4 is 5.32 Å². The van der Waals surface area contributed by atoms with Crippen molar-refractivity contribution in [3.05, 3.63) is 34.3 Å². The lowest BCUT2D eigenvalue weighted by atomic mass is 10.2. The maximum Gasteiger partial charge on any atom is 0.178 e. The smallest absolute Gasteiger partial charge is 0.178 e. The highest BCUT2D eigenvalue weighted by Crippen LogP contribution is 2.34. The summed E-state index contributed by atoms with van der Waals surface area (Å²) in [6, 6.07) is 6.06. The number of methoxy groups -OCH3 is 1. The van der Waals surface area contributed by atoms with Crippen molar-refractivity contribution in [2.45, 2.75) is 15.8 Å². The summed E-state index contributed by atoms with van der Waals surface area (Å²) in [4.78, 5) is 0.999. The van der Waals surface area contributed by atoms with E-state index in [1.54, 1.807) is 12.6 Å². The van der Waals surface area contributed by atoms with Gasteiger partial charge in [0.15, 0.2) is 4.34 Å². The average Bonchev–Trinajstić information content (AvgIpc) is 2.91. The van der Waals surface area contributed by atoms with Crippen LogP contribution in [-0.2, 0) is 11.3 Å². The van der Waals surface area contributed by atoms with E-state index in [1.807, 2.05) is 12.1 Å². The third kappa shape index (κ3) is 4.74. The van der Waals surface area contributed by atoms with E-state index in [4.69, 9.17) is 16.3 Å². The summed E-state index contributed by atoms with van der Waals surface area (Å²) < 4.78 is 5.87. The summed E-state index contributed by atoms with van der Waals surface area (Å²) in [5.41, 5.74) is 2.87. The number of nitrogens with zero attached hydrogens (tertiary/aromatic N) is 2. The molecule has 1 aromatic carbocycles. The second-order valence-corrected chi connectivity index (χ2v) is 6.27. The summed E-state index contributed by atoms with van der Waals surface area (Å²) in [6.45, 7) is 2.32. The number of hydrogen-bond acceptors (Lipinski definition) is 6. The minimum absolute atomic E-state index is 0.707. The summed E-state index contributed by atoms with van der Waals surface area (Å²) in [5, 5.41) is 11.8. The van der Waals surface area contributed by atoms with Gasteiger partial charge in [0.1, 0.15) is 5.51 Å². The van der Waals surface area contributed by atoms with Crippen LogP contribution in [-0.4, -0.2) is 30.5 Å². The molecule has 0 spiro atoms. The highest BCUT2D eigenvalue weighted by Gasteiger charge is 2.06. The third-order valence-corrected chi connectivity index (χ3v) is 4.62. The normalized spacial score (nSPS) is 10.8. The molecule has 1 heterocycles. The first-order valence-electron chi connectivity index (χ1n) is 5.71. The number of rotatable bonds is 7. The van der Waals surface area contributed by atoms with Crippen molar-refractivity contribution in [2.24, 2.45) is 0 Å². The summed E-state index contributed by atoms with van der Waals surface area (Å²) in [6.07, 6.45) is 0. The van der Waals surface area contributed by atoms with Gasteiger partial charge in [0.25, 0.3) is 0 Å². The van der Waals surface area contributed by atoms with Gasteiger partial charge in [0, 0.05) is 25.1 Å². The van der Waals surface area contributed by atoms with Crippen LogP contribution in [0.1, 0.15) is 5.56 Å². The van der Waals surface area contributed by atoms with Crippen LogP contribution in [0.3, 0.4) is 0 Å². The van der Waals surface area contributed by atoms with Gasteiger partial charge in [0.05, 0.1) is 11.6 Å². The van der Waals surface area contributed by atoms with Gasteiger partial charge >= 0.3 is 0 Å². The van der Waals surface area contributed by atoms with E-state index < -0.39 is 0 Å². The largest absolute Gasteiger partial charge is 0.383 e. The van der Waals surface area contributed by atoms with Crippen LogP contribution in [0.4, 0.5) is 0 Å². The lowest BCUT2D eigenvalue weighted by molar-refractivity contribution is 0.199. The molecule has 0 fully saturated rings. The Morgan fingerprint density at radius 3 is 3.05 bits per heavy atom. The average molecular weight is 316 g/mol. The van der Waals surface area contributed by atoms with Crippen molar-refractivity contribution < 1.29 is 4.74 Å². The number of benzene rings is 1. The van der Waals surface area contributed by atoms with Crippen molar-refractivity contribution in [3.8, 4) is 0 Å². The number of nitrogens with one attached hydrogen (secondary N) is 1. The maximum atomic E-state index is 6.27. The minimum atomic E-state index is 0.707. The first-order chi connectivity index (χ1) is 9.29. The predicted octanol–water partition coefficient (Wildman–Crippen LogP) is 3.08. The molecule has 0 amide bonds. The summed E-state index contributed by atoms with van der Waals surface area (Å²) in [7, 11) is 1.69. The number of hydrogen-bond donors (Lipinski definition) is 1. The van der Waals surface area contributed by atoms with E-state index in [0.717, 1.165) is 32.9 Å². The lowest BCUT2D eigenvalue weighted by Gasteiger charge is -2.07. The molecule has 7 heteroatoms. The van der Waals surface area contributed by atoms with E-state index in [-0.39, 0.29) is 0 Å².